The minimum atomic E-state index is -0.523. The molecule has 1 saturated heterocycles. The molecule has 0 aromatic heterocycles. The lowest BCUT2D eigenvalue weighted by molar-refractivity contribution is 0.238. The molecule has 0 amide bonds. The van der Waals surface area contributed by atoms with E-state index in [9.17, 15) is 4.39 Å². The van der Waals surface area contributed by atoms with Crippen LogP contribution in [0.4, 0.5) is 4.39 Å². The lowest BCUT2D eigenvalue weighted by atomic mass is 10.0. The molecule has 0 bridgehead atoms. The van der Waals surface area contributed by atoms with E-state index in [4.69, 9.17) is 10.00 Å². The minimum absolute atomic E-state index is 0.0514. The lowest BCUT2D eigenvalue weighted by Crippen LogP contribution is -2.42. The van der Waals surface area contributed by atoms with Gasteiger partial charge in [0, 0.05) is 6.07 Å². The third-order valence-electron chi connectivity index (χ3n) is 2.72. The standard InChI is InChI=1S/C12H13FN2O/c13-12-5-11(2-1-10(12)6-14)16-4-3-9-7-15-8-9/h1-2,5,9,15H,3-4,7-8H2. The maximum Gasteiger partial charge on any atom is 0.144 e. The van der Waals surface area contributed by atoms with Gasteiger partial charge in [-0.05, 0) is 37.6 Å². The van der Waals surface area contributed by atoms with Crippen LogP contribution in [0, 0.1) is 23.1 Å². The molecule has 1 aromatic rings. The summed E-state index contributed by atoms with van der Waals surface area (Å²) in [5, 5.41) is 11.7. The summed E-state index contributed by atoms with van der Waals surface area (Å²) < 4.78 is 18.6. The van der Waals surface area contributed by atoms with Crippen LogP contribution in [0.1, 0.15) is 12.0 Å². The van der Waals surface area contributed by atoms with Gasteiger partial charge in [0.25, 0.3) is 0 Å². The number of nitrogens with one attached hydrogen (secondary N) is 1. The number of nitriles is 1. The molecule has 16 heavy (non-hydrogen) atoms. The van der Waals surface area contributed by atoms with E-state index in [-0.39, 0.29) is 5.56 Å². The van der Waals surface area contributed by atoms with Crippen molar-refractivity contribution < 1.29 is 9.13 Å². The van der Waals surface area contributed by atoms with Crippen molar-refractivity contribution in [2.45, 2.75) is 6.42 Å². The van der Waals surface area contributed by atoms with Crippen molar-refractivity contribution in [1.29, 1.82) is 5.26 Å². The van der Waals surface area contributed by atoms with E-state index in [0.717, 1.165) is 19.5 Å². The molecule has 84 valence electrons. The molecule has 0 spiro atoms. The molecular weight excluding hydrogens is 207 g/mol. The van der Waals surface area contributed by atoms with Gasteiger partial charge in [-0.25, -0.2) is 4.39 Å². The molecule has 0 aliphatic carbocycles. The topological polar surface area (TPSA) is 45.0 Å². The highest BCUT2D eigenvalue weighted by Crippen LogP contribution is 2.17. The van der Waals surface area contributed by atoms with Crippen molar-refractivity contribution in [2.75, 3.05) is 19.7 Å². The van der Waals surface area contributed by atoms with Crippen LogP contribution in [-0.2, 0) is 0 Å². The predicted molar refractivity (Wildman–Crippen MR) is 57.6 cm³/mol. The third-order valence-corrected chi connectivity index (χ3v) is 2.72. The van der Waals surface area contributed by atoms with E-state index >= 15 is 0 Å². The fourth-order valence-corrected chi connectivity index (χ4v) is 1.57. The van der Waals surface area contributed by atoms with Crippen LogP contribution in [0.25, 0.3) is 0 Å². The third kappa shape index (κ3) is 2.50. The van der Waals surface area contributed by atoms with E-state index < -0.39 is 5.82 Å². The normalized spacial score (nSPS) is 15.2. The summed E-state index contributed by atoms with van der Waals surface area (Å²) in [5.74, 6) is 0.650. The zero-order valence-electron chi connectivity index (χ0n) is 8.87. The summed E-state index contributed by atoms with van der Waals surface area (Å²) in [6.07, 6.45) is 0.981. The Kier molecular flexibility index (Phi) is 3.37. The number of ether oxygens (including phenoxy) is 1. The van der Waals surface area contributed by atoms with Crippen LogP contribution in [0.3, 0.4) is 0 Å². The van der Waals surface area contributed by atoms with Gasteiger partial charge in [0.2, 0.25) is 0 Å². The van der Waals surface area contributed by atoms with Gasteiger partial charge in [-0.2, -0.15) is 5.26 Å². The summed E-state index contributed by atoms with van der Waals surface area (Å²) in [6, 6.07) is 6.10. The van der Waals surface area contributed by atoms with Gasteiger partial charge in [0.05, 0.1) is 12.2 Å². The number of nitrogens with zero attached hydrogens (tertiary/aromatic N) is 1. The quantitative estimate of drug-likeness (QED) is 0.839. The Morgan fingerprint density at radius 1 is 1.50 bits per heavy atom. The lowest BCUT2D eigenvalue weighted by Gasteiger charge is -2.26. The van der Waals surface area contributed by atoms with E-state index in [1.165, 1.54) is 12.1 Å². The zero-order chi connectivity index (χ0) is 11.4. The number of halogens is 1. The van der Waals surface area contributed by atoms with E-state index in [1.807, 2.05) is 0 Å². The number of hydrogen-bond acceptors (Lipinski definition) is 3. The molecule has 1 N–H and O–H groups in total. The van der Waals surface area contributed by atoms with Crippen LogP contribution in [0.5, 0.6) is 5.75 Å². The van der Waals surface area contributed by atoms with Crippen LogP contribution >= 0.6 is 0 Å². The Balaban J connectivity index is 1.84. The van der Waals surface area contributed by atoms with Gasteiger partial charge in [-0.1, -0.05) is 0 Å². The summed E-state index contributed by atoms with van der Waals surface area (Å²) in [6.45, 7) is 2.69. The van der Waals surface area contributed by atoms with Crippen molar-refractivity contribution in [2.24, 2.45) is 5.92 Å². The van der Waals surface area contributed by atoms with E-state index in [2.05, 4.69) is 5.32 Å². The molecule has 1 aliphatic heterocycles. The smallest absolute Gasteiger partial charge is 0.144 e. The first-order valence-corrected chi connectivity index (χ1v) is 5.33. The second kappa shape index (κ2) is 4.95. The van der Waals surface area contributed by atoms with Crippen LogP contribution in [0.15, 0.2) is 18.2 Å². The first-order valence-electron chi connectivity index (χ1n) is 5.33. The van der Waals surface area contributed by atoms with Crippen LogP contribution in [0.2, 0.25) is 0 Å². The maximum atomic E-state index is 13.2. The Bertz CT molecular complexity index is 410. The second-order valence-corrected chi connectivity index (χ2v) is 3.91. The second-order valence-electron chi connectivity index (χ2n) is 3.91. The molecule has 0 atom stereocenters. The summed E-state index contributed by atoms with van der Waals surface area (Å²) in [5.41, 5.74) is 0.0514. The van der Waals surface area contributed by atoms with Gasteiger partial charge >= 0.3 is 0 Å². The van der Waals surface area contributed by atoms with E-state index in [1.54, 1.807) is 12.1 Å². The van der Waals surface area contributed by atoms with Gasteiger partial charge in [-0.15, -0.1) is 0 Å². The highest BCUT2D eigenvalue weighted by atomic mass is 19.1. The Morgan fingerprint density at radius 3 is 2.88 bits per heavy atom. The fourth-order valence-electron chi connectivity index (χ4n) is 1.57. The number of benzene rings is 1. The molecule has 4 heteroatoms. The van der Waals surface area contributed by atoms with Crippen molar-refractivity contribution in [3.63, 3.8) is 0 Å². The molecule has 0 unspecified atom stereocenters. The van der Waals surface area contributed by atoms with Crippen molar-refractivity contribution >= 4 is 0 Å². The molecule has 1 aliphatic rings. The largest absolute Gasteiger partial charge is 0.493 e. The molecule has 1 fully saturated rings. The minimum Gasteiger partial charge on any atom is -0.493 e. The van der Waals surface area contributed by atoms with Crippen LogP contribution in [-0.4, -0.2) is 19.7 Å². The molecule has 2 rings (SSSR count). The summed E-state index contributed by atoms with van der Waals surface area (Å²) in [7, 11) is 0. The van der Waals surface area contributed by atoms with Gasteiger partial charge in [0.1, 0.15) is 17.6 Å². The molecule has 0 saturated carbocycles. The number of hydrogen-bond donors (Lipinski definition) is 1. The van der Waals surface area contributed by atoms with Crippen molar-refractivity contribution in [3.05, 3.63) is 29.6 Å². The highest BCUT2D eigenvalue weighted by Gasteiger charge is 2.16. The molecular formula is C12H13FN2O. The SMILES string of the molecule is N#Cc1ccc(OCCC2CNC2)cc1F. The fraction of sp³-hybridized carbons (Fsp3) is 0.417. The predicted octanol–water partition coefficient (Wildman–Crippen LogP) is 1.69. The van der Waals surface area contributed by atoms with Crippen molar-refractivity contribution in [1.82, 2.24) is 5.32 Å². The Labute approximate surface area is 93.8 Å². The van der Waals surface area contributed by atoms with Crippen LogP contribution < -0.4 is 10.1 Å². The summed E-state index contributed by atoms with van der Waals surface area (Å²) >= 11 is 0. The molecule has 0 radical (unpaired) electrons. The Morgan fingerprint density at radius 2 is 2.31 bits per heavy atom. The summed E-state index contributed by atoms with van der Waals surface area (Å²) in [4.78, 5) is 0. The monoisotopic (exact) mass is 220 g/mol. The first kappa shape index (κ1) is 10.9. The zero-order valence-corrected chi connectivity index (χ0v) is 8.87. The van der Waals surface area contributed by atoms with Gasteiger partial charge in [-0.3, -0.25) is 0 Å². The van der Waals surface area contributed by atoms with E-state index in [0.29, 0.717) is 18.3 Å². The van der Waals surface area contributed by atoms with Gasteiger partial charge < -0.3 is 10.1 Å². The Hall–Kier alpha value is -1.60. The molecule has 1 aromatic carbocycles. The molecule has 1 heterocycles. The average molecular weight is 220 g/mol. The maximum absolute atomic E-state index is 13.2. The first-order chi connectivity index (χ1) is 7.79. The van der Waals surface area contributed by atoms with Gasteiger partial charge in [0.15, 0.2) is 0 Å². The highest BCUT2D eigenvalue weighted by molar-refractivity contribution is 5.36. The van der Waals surface area contributed by atoms with Crippen molar-refractivity contribution in [3.8, 4) is 11.8 Å². The number of rotatable bonds is 4. The molecule has 3 nitrogen and oxygen atoms in total. The average Bonchev–Trinajstić information content (AvgIpc) is 2.22.